The van der Waals surface area contributed by atoms with Crippen molar-refractivity contribution in [3.8, 4) is 5.75 Å². The van der Waals surface area contributed by atoms with E-state index in [1.807, 2.05) is 75.9 Å². The number of fused-ring (bicyclic) bond motifs is 1. The van der Waals surface area contributed by atoms with Crippen molar-refractivity contribution in [2.45, 2.75) is 59.5 Å². The molecule has 190 valence electrons. The van der Waals surface area contributed by atoms with Crippen LogP contribution in [0.5, 0.6) is 5.75 Å². The summed E-state index contributed by atoms with van der Waals surface area (Å²) in [5.41, 5.74) is 4.60. The molecule has 1 aliphatic rings. The predicted molar refractivity (Wildman–Crippen MR) is 146 cm³/mol. The molecule has 5 nitrogen and oxygen atoms in total. The number of aryl methyl sites for hydroxylation is 3. The molecule has 4 rings (SSSR count). The van der Waals surface area contributed by atoms with E-state index in [1.165, 1.54) is 10.4 Å². The van der Waals surface area contributed by atoms with Gasteiger partial charge < -0.3 is 14.5 Å². The highest BCUT2D eigenvalue weighted by Gasteiger charge is 2.36. The number of carbonyl (C=O) groups is 2. The third-order valence-corrected chi connectivity index (χ3v) is 7.79. The summed E-state index contributed by atoms with van der Waals surface area (Å²) in [4.78, 5) is 32.1. The van der Waals surface area contributed by atoms with Gasteiger partial charge in [0.2, 0.25) is 5.91 Å². The lowest BCUT2D eigenvalue weighted by molar-refractivity contribution is -0.136. The van der Waals surface area contributed by atoms with Gasteiger partial charge in [0.1, 0.15) is 18.9 Å². The third kappa shape index (κ3) is 5.65. The molecule has 1 aliphatic heterocycles. The molecule has 0 spiro atoms. The van der Waals surface area contributed by atoms with E-state index >= 15 is 0 Å². The Hall–Kier alpha value is -3.12. The molecule has 0 saturated carbocycles. The normalized spacial score (nSPS) is 15.4. The van der Waals surface area contributed by atoms with Crippen LogP contribution in [0.15, 0.2) is 53.9 Å². The van der Waals surface area contributed by atoms with E-state index in [1.54, 1.807) is 16.2 Å². The molecule has 1 aromatic heterocycles. The lowest BCUT2D eigenvalue weighted by atomic mass is 9.99. The van der Waals surface area contributed by atoms with Crippen molar-refractivity contribution in [3.63, 3.8) is 0 Å². The van der Waals surface area contributed by atoms with Crippen molar-refractivity contribution in [2.24, 2.45) is 0 Å². The van der Waals surface area contributed by atoms with E-state index in [4.69, 9.17) is 4.74 Å². The molecule has 0 saturated heterocycles. The van der Waals surface area contributed by atoms with E-state index in [-0.39, 0.29) is 24.4 Å². The molecule has 2 amide bonds. The van der Waals surface area contributed by atoms with Gasteiger partial charge in [0.25, 0.3) is 5.91 Å². The molecule has 0 bridgehead atoms. The van der Waals surface area contributed by atoms with E-state index in [0.29, 0.717) is 18.7 Å². The molecule has 0 radical (unpaired) electrons. The monoisotopic (exact) mass is 504 g/mol. The highest BCUT2D eigenvalue weighted by atomic mass is 32.1. The molecule has 0 aliphatic carbocycles. The van der Waals surface area contributed by atoms with Crippen LogP contribution in [0.4, 0.5) is 0 Å². The van der Waals surface area contributed by atoms with Gasteiger partial charge in [-0.15, -0.1) is 11.3 Å². The van der Waals surface area contributed by atoms with Crippen LogP contribution in [-0.4, -0.2) is 46.8 Å². The van der Waals surface area contributed by atoms with E-state index in [9.17, 15) is 9.59 Å². The zero-order chi connectivity index (χ0) is 26.0. The molecular formula is C30H36N2O3S. The van der Waals surface area contributed by atoms with Crippen molar-refractivity contribution in [1.29, 1.82) is 0 Å². The molecule has 0 N–H and O–H groups in total. The minimum atomic E-state index is -0.508. The largest absolute Gasteiger partial charge is 0.491 e. The van der Waals surface area contributed by atoms with E-state index in [0.717, 1.165) is 28.9 Å². The van der Waals surface area contributed by atoms with Gasteiger partial charge >= 0.3 is 0 Å². The second-order valence-electron chi connectivity index (χ2n) is 10.7. The average molecular weight is 505 g/mol. The minimum absolute atomic E-state index is 0.0236. The number of amides is 2. The zero-order valence-corrected chi connectivity index (χ0v) is 22.9. The summed E-state index contributed by atoms with van der Waals surface area (Å²) >= 11 is 1.73. The summed E-state index contributed by atoms with van der Waals surface area (Å²) in [7, 11) is 0. The quantitative estimate of drug-likeness (QED) is 0.406. The Balaban J connectivity index is 1.57. The van der Waals surface area contributed by atoms with Crippen LogP contribution < -0.4 is 4.74 Å². The maximum Gasteiger partial charge on any atom is 0.254 e. The molecule has 0 fully saturated rings. The molecule has 3 aromatic rings. The lowest BCUT2D eigenvalue weighted by Gasteiger charge is -2.40. The number of ether oxygens (including phenoxy) is 1. The van der Waals surface area contributed by atoms with Gasteiger partial charge in [0.05, 0.1) is 6.04 Å². The third-order valence-electron chi connectivity index (χ3n) is 6.79. The van der Waals surface area contributed by atoms with Crippen molar-refractivity contribution < 1.29 is 14.3 Å². The average Bonchev–Trinajstić information content (AvgIpc) is 3.30. The van der Waals surface area contributed by atoms with Gasteiger partial charge in [0.15, 0.2) is 0 Å². The Labute approximate surface area is 218 Å². The first-order chi connectivity index (χ1) is 17.0. The summed E-state index contributed by atoms with van der Waals surface area (Å²) in [6, 6.07) is 15.6. The van der Waals surface area contributed by atoms with Gasteiger partial charge in [-0.1, -0.05) is 35.4 Å². The Morgan fingerprint density at radius 2 is 1.72 bits per heavy atom. The fourth-order valence-corrected chi connectivity index (χ4v) is 5.62. The first-order valence-electron chi connectivity index (χ1n) is 12.5. The maximum atomic E-state index is 13.8. The van der Waals surface area contributed by atoms with Crippen LogP contribution >= 0.6 is 11.3 Å². The molecular weight excluding hydrogens is 468 g/mol. The smallest absolute Gasteiger partial charge is 0.254 e. The fraction of sp³-hybridized carbons (Fsp3) is 0.400. The number of rotatable bonds is 6. The minimum Gasteiger partial charge on any atom is -0.491 e. The van der Waals surface area contributed by atoms with Crippen LogP contribution in [-0.2, 0) is 11.2 Å². The highest BCUT2D eigenvalue weighted by Crippen LogP contribution is 2.35. The molecule has 36 heavy (non-hydrogen) atoms. The molecule has 2 heterocycles. The molecule has 2 aromatic carbocycles. The number of thiophene rings is 1. The number of hydrogen-bond donors (Lipinski definition) is 0. The van der Waals surface area contributed by atoms with Gasteiger partial charge in [0, 0.05) is 22.5 Å². The second-order valence-corrected chi connectivity index (χ2v) is 11.7. The van der Waals surface area contributed by atoms with E-state index in [2.05, 4.69) is 24.4 Å². The Morgan fingerprint density at radius 3 is 2.39 bits per heavy atom. The standard InChI is InChI=1S/C30H36N2O3S/c1-20-7-10-23(11-8-20)29(34)32(30(4,5)6)18-28(33)31-15-13-27-24(14-16-36-27)25(31)19-35-26-12-9-21(2)17-22(26)3/h7-12,14,16-17,25H,13,15,18-19H2,1-6H3/t25-/m0/s1. The van der Waals surface area contributed by atoms with Gasteiger partial charge in [-0.25, -0.2) is 0 Å². The van der Waals surface area contributed by atoms with Gasteiger partial charge in [-0.3, -0.25) is 9.59 Å². The van der Waals surface area contributed by atoms with Crippen molar-refractivity contribution >= 4 is 23.2 Å². The first-order valence-corrected chi connectivity index (χ1v) is 13.4. The summed E-state index contributed by atoms with van der Waals surface area (Å²) in [6.45, 7) is 13.0. The summed E-state index contributed by atoms with van der Waals surface area (Å²) in [6.07, 6.45) is 0.820. The molecule has 6 heteroatoms. The Kier molecular flexibility index (Phi) is 7.55. The topological polar surface area (TPSA) is 49.9 Å². The number of benzene rings is 2. The SMILES string of the molecule is Cc1ccc(C(=O)N(CC(=O)N2CCc3sccc3[C@@H]2COc2ccc(C)cc2C)C(C)(C)C)cc1. The summed E-state index contributed by atoms with van der Waals surface area (Å²) in [5.74, 6) is 0.643. The lowest BCUT2D eigenvalue weighted by Crippen LogP contribution is -2.53. The number of nitrogens with zero attached hydrogens (tertiary/aromatic N) is 2. The second kappa shape index (κ2) is 10.5. The van der Waals surface area contributed by atoms with Crippen LogP contribution in [0.25, 0.3) is 0 Å². The molecule has 1 atom stereocenters. The summed E-state index contributed by atoms with van der Waals surface area (Å²) in [5, 5.41) is 2.09. The highest BCUT2D eigenvalue weighted by molar-refractivity contribution is 7.10. The predicted octanol–water partition coefficient (Wildman–Crippen LogP) is 6.12. The Bertz CT molecular complexity index is 1240. The van der Waals surface area contributed by atoms with Gasteiger partial charge in [-0.05, 0) is 88.7 Å². The van der Waals surface area contributed by atoms with Gasteiger partial charge in [-0.2, -0.15) is 0 Å². The van der Waals surface area contributed by atoms with Crippen LogP contribution in [0.1, 0.15) is 64.3 Å². The van der Waals surface area contributed by atoms with E-state index < -0.39 is 5.54 Å². The molecule has 0 unspecified atom stereocenters. The maximum absolute atomic E-state index is 13.8. The fourth-order valence-electron chi connectivity index (χ4n) is 4.70. The number of hydrogen-bond acceptors (Lipinski definition) is 4. The number of carbonyl (C=O) groups excluding carboxylic acids is 2. The Morgan fingerprint density at radius 1 is 1.03 bits per heavy atom. The zero-order valence-electron chi connectivity index (χ0n) is 22.1. The van der Waals surface area contributed by atoms with Crippen LogP contribution in [0.2, 0.25) is 0 Å². The van der Waals surface area contributed by atoms with Crippen molar-refractivity contribution in [1.82, 2.24) is 9.80 Å². The summed E-state index contributed by atoms with van der Waals surface area (Å²) < 4.78 is 6.27. The van der Waals surface area contributed by atoms with Crippen LogP contribution in [0.3, 0.4) is 0 Å². The van der Waals surface area contributed by atoms with Crippen molar-refractivity contribution in [2.75, 3.05) is 19.7 Å². The van der Waals surface area contributed by atoms with Crippen molar-refractivity contribution in [3.05, 3.63) is 86.6 Å². The van der Waals surface area contributed by atoms with Crippen LogP contribution in [0, 0.1) is 20.8 Å². The first kappa shape index (κ1) is 26.0.